The van der Waals surface area contributed by atoms with E-state index in [0.717, 1.165) is 10.9 Å². The maximum absolute atomic E-state index is 14.3. The molecule has 0 aliphatic heterocycles. The molecule has 2 heterocycles. The maximum atomic E-state index is 14.3. The Bertz CT molecular complexity index is 1290. The van der Waals surface area contributed by atoms with Crippen LogP contribution in [-0.4, -0.2) is 14.8 Å². The molecule has 3 nitrogen and oxygen atoms in total. The third-order valence-electron chi connectivity index (χ3n) is 4.59. The number of benzene rings is 3. The number of halogens is 2. The molecular weight excluding hydrogens is 344 g/mol. The van der Waals surface area contributed by atoms with Gasteiger partial charge in [0.25, 0.3) is 0 Å². The minimum absolute atomic E-state index is 0.266. The van der Waals surface area contributed by atoms with Crippen molar-refractivity contribution in [2.24, 2.45) is 0 Å². The van der Waals surface area contributed by atoms with Gasteiger partial charge < -0.3 is 0 Å². The van der Waals surface area contributed by atoms with Crippen molar-refractivity contribution < 1.29 is 8.78 Å². The lowest BCUT2D eigenvalue weighted by Gasteiger charge is -2.06. The van der Waals surface area contributed by atoms with Gasteiger partial charge in [0.2, 0.25) is 0 Å². The highest BCUT2D eigenvalue weighted by Gasteiger charge is 2.18. The van der Waals surface area contributed by atoms with E-state index in [0.29, 0.717) is 22.3 Å². The molecule has 130 valence electrons. The quantitative estimate of drug-likeness (QED) is 0.416. The fourth-order valence-electron chi connectivity index (χ4n) is 3.38. The second-order valence-electron chi connectivity index (χ2n) is 6.26. The molecule has 27 heavy (non-hydrogen) atoms. The van der Waals surface area contributed by atoms with Gasteiger partial charge in [-0.2, -0.15) is 5.10 Å². The summed E-state index contributed by atoms with van der Waals surface area (Å²) in [7, 11) is 0. The fourth-order valence-corrected chi connectivity index (χ4v) is 3.38. The number of hydrogen-bond donors (Lipinski definition) is 0. The monoisotopic (exact) mass is 357 g/mol. The highest BCUT2D eigenvalue weighted by Crippen LogP contribution is 2.34. The Morgan fingerprint density at radius 3 is 2.41 bits per heavy atom. The van der Waals surface area contributed by atoms with Crippen LogP contribution in [0.4, 0.5) is 8.78 Å². The number of hydrogen-bond acceptors (Lipinski definition) is 2. The second kappa shape index (κ2) is 5.99. The molecule has 3 aromatic carbocycles. The lowest BCUT2D eigenvalue weighted by molar-refractivity contribution is 0.626. The van der Waals surface area contributed by atoms with Gasteiger partial charge in [-0.05, 0) is 24.3 Å². The summed E-state index contributed by atoms with van der Waals surface area (Å²) in [6, 6.07) is 20.7. The van der Waals surface area contributed by atoms with Crippen LogP contribution in [0.2, 0.25) is 0 Å². The number of pyridine rings is 1. The van der Waals surface area contributed by atoms with E-state index >= 15 is 0 Å². The summed E-state index contributed by atoms with van der Waals surface area (Å²) < 4.78 is 29.8. The van der Waals surface area contributed by atoms with Gasteiger partial charge >= 0.3 is 0 Å². The zero-order chi connectivity index (χ0) is 18.4. The molecule has 0 unspecified atom stereocenters. The van der Waals surface area contributed by atoms with Gasteiger partial charge in [-0.3, -0.25) is 4.98 Å². The van der Waals surface area contributed by atoms with Gasteiger partial charge in [-0.25, -0.2) is 13.5 Å². The zero-order valence-electron chi connectivity index (χ0n) is 14.1. The van der Waals surface area contributed by atoms with E-state index in [9.17, 15) is 8.78 Å². The topological polar surface area (TPSA) is 30.7 Å². The van der Waals surface area contributed by atoms with Crippen LogP contribution < -0.4 is 0 Å². The average molecular weight is 357 g/mol. The Morgan fingerprint density at radius 1 is 0.778 bits per heavy atom. The molecule has 5 rings (SSSR count). The number of nitrogens with zero attached hydrogens (tertiary/aromatic N) is 3. The lowest BCUT2D eigenvalue weighted by atomic mass is 10.1. The van der Waals surface area contributed by atoms with Crippen molar-refractivity contribution in [2.75, 3.05) is 0 Å². The van der Waals surface area contributed by atoms with Crippen molar-refractivity contribution >= 4 is 21.8 Å². The molecule has 0 aliphatic carbocycles. The molecular formula is C22H13F2N3. The Kier molecular flexibility index (Phi) is 3.47. The Labute approximate surface area is 153 Å². The standard InChI is InChI=1S/C22H13F2N3/c23-15-8-4-9-16(12-15)27-22-17-10-5-11-19(24)21(17)25-13-18(22)20(26-27)14-6-2-1-3-7-14/h1-13H. The van der Waals surface area contributed by atoms with Gasteiger partial charge in [0.15, 0.2) is 0 Å². The van der Waals surface area contributed by atoms with Crippen molar-refractivity contribution in [2.45, 2.75) is 0 Å². The number of para-hydroxylation sites is 1. The molecule has 0 spiro atoms. The van der Waals surface area contributed by atoms with E-state index in [-0.39, 0.29) is 11.3 Å². The van der Waals surface area contributed by atoms with Crippen LogP contribution in [0.25, 0.3) is 38.8 Å². The molecule has 2 aromatic heterocycles. The average Bonchev–Trinajstić information content (AvgIpc) is 3.09. The van der Waals surface area contributed by atoms with Gasteiger partial charge in [-0.1, -0.05) is 48.5 Å². The van der Waals surface area contributed by atoms with E-state index in [1.165, 1.54) is 18.2 Å². The first-order valence-corrected chi connectivity index (χ1v) is 8.50. The Balaban J connectivity index is 1.94. The molecule has 0 N–H and O–H groups in total. The predicted molar refractivity (Wildman–Crippen MR) is 102 cm³/mol. The number of rotatable bonds is 2. The summed E-state index contributed by atoms with van der Waals surface area (Å²) in [5.41, 5.74) is 3.16. The molecule has 0 bridgehead atoms. The van der Waals surface area contributed by atoms with Crippen molar-refractivity contribution in [3.63, 3.8) is 0 Å². The Morgan fingerprint density at radius 2 is 1.59 bits per heavy atom. The van der Waals surface area contributed by atoms with E-state index in [1.54, 1.807) is 35.1 Å². The SMILES string of the molecule is Fc1cccc(-n2nc(-c3ccccc3)c3cnc4c(F)cccc4c32)c1. The maximum Gasteiger partial charge on any atom is 0.149 e. The highest BCUT2D eigenvalue weighted by atomic mass is 19.1. The van der Waals surface area contributed by atoms with E-state index in [1.807, 2.05) is 30.3 Å². The smallest absolute Gasteiger partial charge is 0.149 e. The summed E-state index contributed by atoms with van der Waals surface area (Å²) in [6.07, 6.45) is 1.63. The van der Waals surface area contributed by atoms with Gasteiger partial charge in [0, 0.05) is 22.5 Å². The van der Waals surface area contributed by atoms with Crippen molar-refractivity contribution in [3.8, 4) is 16.9 Å². The summed E-state index contributed by atoms with van der Waals surface area (Å²) in [6.45, 7) is 0. The molecule has 0 saturated carbocycles. The largest absolute Gasteiger partial charge is 0.252 e. The van der Waals surface area contributed by atoms with Crippen LogP contribution in [-0.2, 0) is 0 Å². The normalized spacial score (nSPS) is 11.3. The molecule has 0 atom stereocenters. The second-order valence-corrected chi connectivity index (χ2v) is 6.26. The van der Waals surface area contributed by atoms with Gasteiger partial charge in [0.05, 0.1) is 11.2 Å². The first kappa shape index (κ1) is 15.6. The molecule has 0 aliphatic rings. The van der Waals surface area contributed by atoms with E-state index in [2.05, 4.69) is 4.98 Å². The van der Waals surface area contributed by atoms with Crippen molar-refractivity contribution in [3.05, 3.63) is 90.6 Å². The van der Waals surface area contributed by atoms with E-state index < -0.39 is 5.82 Å². The van der Waals surface area contributed by atoms with Gasteiger partial charge in [0.1, 0.15) is 22.8 Å². The molecule has 0 radical (unpaired) electrons. The van der Waals surface area contributed by atoms with Crippen molar-refractivity contribution in [1.82, 2.24) is 14.8 Å². The third-order valence-corrected chi connectivity index (χ3v) is 4.59. The van der Waals surface area contributed by atoms with Crippen LogP contribution >= 0.6 is 0 Å². The molecule has 5 aromatic rings. The third kappa shape index (κ3) is 2.47. The Hall–Kier alpha value is -3.60. The predicted octanol–water partition coefficient (Wildman–Crippen LogP) is 5.52. The summed E-state index contributed by atoms with van der Waals surface area (Å²) >= 11 is 0. The minimum atomic E-state index is -0.400. The molecule has 0 amide bonds. The summed E-state index contributed by atoms with van der Waals surface area (Å²) in [5, 5.41) is 6.15. The highest BCUT2D eigenvalue weighted by molar-refractivity contribution is 6.08. The van der Waals surface area contributed by atoms with Crippen LogP contribution in [0.3, 0.4) is 0 Å². The van der Waals surface area contributed by atoms with Crippen LogP contribution in [0.1, 0.15) is 0 Å². The summed E-state index contributed by atoms with van der Waals surface area (Å²) in [5.74, 6) is -0.760. The van der Waals surface area contributed by atoms with Crippen LogP contribution in [0, 0.1) is 11.6 Å². The van der Waals surface area contributed by atoms with Crippen molar-refractivity contribution in [1.29, 1.82) is 0 Å². The van der Waals surface area contributed by atoms with Gasteiger partial charge in [-0.15, -0.1) is 0 Å². The first-order valence-electron chi connectivity index (χ1n) is 8.50. The molecule has 0 saturated heterocycles. The fraction of sp³-hybridized carbons (Fsp3) is 0. The molecule has 0 fully saturated rings. The van der Waals surface area contributed by atoms with Crippen LogP contribution in [0.5, 0.6) is 0 Å². The molecule has 5 heteroatoms. The minimum Gasteiger partial charge on any atom is -0.252 e. The first-order chi connectivity index (χ1) is 13.2. The van der Waals surface area contributed by atoms with Crippen LogP contribution in [0.15, 0.2) is 79.0 Å². The zero-order valence-corrected chi connectivity index (χ0v) is 14.1. The lowest BCUT2D eigenvalue weighted by Crippen LogP contribution is -1.98. The summed E-state index contributed by atoms with van der Waals surface area (Å²) in [4.78, 5) is 4.32. The van der Waals surface area contributed by atoms with E-state index in [4.69, 9.17) is 5.10 Å². The number of aromatic nitrogens is 3. The number of fused-ring (bicyclic) bond motifs is 3.